The quantitative estimate of drug-likeness (QED) is 0.869. The van der Waals surface area contributed by atoms with Gasteiger partial charge < -0.3 is 15.4 Å². The van der Waals surface area contributed by atoms with Crippen molar-refractivity contribution in [3.63, 3.8) is 0 Å². The summed E-state index contributed by atoms with van der Waals surface area (Å²) in [5.74, 6) is -0.448. The van der Waals surface area contributed by atoms with Gasteiger partial charge >= 0.3 is 0 Å². The third-order valence-corrected chi connectivity index (χ3v) is 4.10. The summed E-state index contributed by atoms with van der Waals surface area (Å²) in [6.45, 7) is 4.49. The third kappa shape index (κ3) is 3.16. The zero-order valence-corrected chi connectivity index (χ0v) is 12.1. The molecule has 2 unspecified atom stereocenters. The molecular weight excluding hydrogens is 259 g/mol. The average molecular weight is 280 g/mol. The van der Waals surface area contributed by atoms with E-state index < -0.39 is 0 Å². The number of methoxy groups -OCH3 is 1. The highest BCUT2D eigenvalue weighted by atomic mass is 19.1. The number of rotatable bonds is 5. The van der Waals surface area contributed by atoms with Crippen molar-refractivity contribution in [2.75, 3.05) is 19.0 Å². The van der Waals surface area contributed by atoms with Crippen LogP contribution >= 0.6 is 0 Å². The number of amides is 1. The fraction of sp³-hybridized carbons (Fsp3) is 0.533. The molecule has 2 atom stereocenters. The summed E-state index contributed by atoms with van der Waals surface area (Å²) in [5, 5.41) is 5.96. The van der Waals surface area contributed by atoms with Gasteiger partial charge in [-0.15, -0.1) is 0 Å². The summed E-state index contributed by atoms with van der Waals surface area (Å²) >= 11 is 0. The standard InChI is InChI=1S/C15H21FN2O2/c1-15(2)12(8-13(15)20-3)17-9-14(19)18-11-6-4-10(16)5-7-11/h4-7,12-13,17H,8-9H2,1-3H3,(H,18,19). The van der Waals surface area contributed by atoms with E-state index in [4.69, 9.17) is 4.74 Å². The minimum Gasteiger partial charge on any atom is -0.381 e. The predicted molar refractivity (Wildman–Crippen MR) is 76.0 cm³/mol. The molecule has 0 radical (unpaired) electrons. The molecule has 2 rings (SSSR count). The molecule has 1 aromatic rings. The molecule has 1 aromatic carbocycles. The Labute approximate surface area is 118 Å². The molecule has 20 heavy (non-hydrogen) atoms. The Morgan fingerprint density at radius 3 is 2.60 bits per heavy atom. The SMILES string of the molecule is COC1CC(NCC(=O)Nc2ccc(F)cc2)C1(C)C. The molecule has 0 aliphatic heterocycles. The van der Waals surface area contributed by atoms with Crippen molar-refractivity contribution in [3.8, 4) is 0 Å². The molecule has 0 aromatic heterocycles. The van der Waals surface area contributed by atoms with E-state index in [1.54, 1.807) is 19.2 Å². The van der Waals surface area contributed by atoms with E-state index in [2.05, 4.69) is 24.5 Å². The third-order valence-electron chi connectivity index (χ3n) is 4.10. The molecule has 0 bridgehead atoms. The number of carbonyl (C=O) groups excluding carboxylic acids is 1. The second-order valence-electron chi connectivity index (χ2n) is 5.77. The van der Waals surface area contributed by atoms with E-state index in [0.29, 0.717) is 5.69 Å². The van der Waals surface area contributed by atoms with Crippen LogP contribution in [0.1, 0.15) is 20.3 Å². The molecule has 4 nitrogen and oxygen atoms in total. The molecule has 5 heteroatoms. The summed E-state index contributed by atoms with van der Waals surface area (Å²) in [6.07, 6.45) is 1.15. The van der Waals surface area contributed by atoms with Crippen molar-refractivity contribution in [2.45, 2.75) is 32.4 Å². The van der Waals surface area contributed by atoms with Gasteiger partial charge in [0.05, 0.1) is 12.6 Å². The average Bonchev–Trinajstić information content (AvgIpc) is 2.40. The number of ether oxygens (including phenoxy) is 1. The zero-order chi connectivity index (χ0) is 14.8. The maximum atomic E-state index is 12.8. The lowest BCUT2D eigenvalue weighted by molar-refractivity contribution is -0.119. The first-order valence-corrected chi connectivity index (χ1v) is 6.75. The van der Waals surface area contributed by atoms with Gasteiger partial charge in [-0.3, -0.25) is 4.79 Å². The van der Waals surface area contributed by atoms with Gasteiger partial charge in [-0.25, -0.2) is 4.39 Å². The lowest BCUT2D eigenvalue weighted by atomic mass is 9.64. The molecule has 2 N–H and O–H groups in total. The number of hydrogen-bond donors (Lipinski definition) is 2. The lowest BCUT2D eigenvalue weighted by Gasteiger charge is -2.51. The number of benzene rings is 1. The number of hydrogen-bond acceptors (Lipinski definition) is 3. The Bertz CT molecular complexity index is 473. The van der Waals surface area contributed by atoms with E-state index in [-0.39, 0.29) is 35.8 Å². The number of nitrogens with one attached hydrogen (secondary N) is 2. The van der Waals surface area contributed by atoms with E-state index in [1.807, 2.05) is 0 Å². The van der Waals surface area contributed by atoms with Crippen molar-refractivity contribution in [2.24, 2.45) is 5.41 Å². The Hall–Kier alpha value is -1.46. The molecule has 0 heterocycles. The highest BCUT2D eigenvalue weighted by Gasteiger charge is 2.48. The molecule has 1 aliphatic rings. The highest BCUT2D eigenvalue weighted by molar-refractivity contribution is 5.92. The van der Waals surface area contributed by atoms with Crippen LogP contribution in [0.25, 0.3) is 0 Å². The van der Waals surface area contributed by atoms with E-state index in [1.165, 1.54) is 12.1 Å². The number of halogens is 1. The van der Waals surface area contributed by atoms with Gasteiger partial charge in [0.1, 0.15) is 5.82 Å². The fourth-order valence-electron chi connectivity index (χ4n) is 2.59. The maximum Gasteiger partial charge on any atom is 0.238 e. The minimum absolute atomic E-state index is 0.0326. The molecule has 1 fully saturated rings. The Morgan fingerprint density at radius 1 is 1.40 bits per heavy atom. The molecule has 1 saturated carbocycles. The van der Waals surface area contributed by atoms with Gasteiger partial charge in [-0.1, -0.05) is 13.8 Å². The van der Waals surface area contributed by atoms with Crippen LogP contribution in [0.3, 0.4) is 0 Å². The van der Waals surface area contributed by atoms with Crippen LogP contribution in [0.2, 0.25) is 0 Å². The molecule has 110 valence electrons. The van der Waals surface area contributed by atoms with Crippen LogP contribution < -0.4 is 10.6 Å². The smallest absolute Gasteiger partial charge is 0.238 e. The first-order chi connectivity index (χ1) is 9.43. The molecule has 0 saturated heterocycles. The summed E-state index contributed by atoms with van der Waals surface area (Å²) < 4.78 is 18.1. The van der Waals surface area contributed by atoms with Crippen molar-refractivity contribution in [3.05, 3.63) is 30.1 Å². The minimum atomic E-state index is -0.317. The van der Waals surface area contributed by atoms with Gasteiger partial charge in [0.2, 0.25) is 5.91 Å². The normalized spacial score (nSPS) is 24.0. The van der Waals surface area contributed by atoms with Gasteiger partial charge in [-0.2, -0.15) is 0 Å². The molecular formula is C15H21FN2O2. The molecule has 0 spiro atoms. The maximum absolute atomic E-state index is 12.8. The zero-order valence-electron chi connectivity index (χ0n) is 12.1. The lowest BCUT2D eigenvalue weighted by Crippen LogP contribution is -2.61. The van der Waals surface area contributed by atoms with Crippen molar-refractivity contribution in [1.82, 2.24) is 5.32 Å². The van der Waals surface area contributed by atoms with Crippen LogP contribution in [0.4, 0.5) is 10.1 Å². The van der Waals surface area contributed by atoms with Crippen LogP contribution in [-0.2, 0) is 9.53 Å². The summed E-state index contributed by atoms with van der Waals surface area (Å²) in [7, 11) is 1.71. The summed E-state index contributed by atoms with van der Waals surface area (Å²) in [4.78, 5) is 11.8. The van der Waals surface area contributed by atoms with Crippen LogP contribution in [0.15, 0.2) is 24.3 Å². The summed E-state index contributed by atoms with van der Waals surface area (Å²) in [5.41, 5.74) is 0.631. The largest absolute Gasteiger partial charge is 0.381 e. The first-order valence-electron chi connectivity index (χ1n) is 6.75. The van der Waals surface area contributed by atoms with Gasteiger partial charge in [0, 0.05) is 24.3 Å². The molecule has 1 amide bonds. The van der Waals surface area contributed by atoms with Gasteiger partial charge in [0.25, 0.3) is 0 Å². The van der Waals surface area contributed by atoms with Crippen LogP contribution in [0.5, 0.6) is 0 Å². The van der Waals surface area contributed by atoms with Gasteiger partial charge in [0.15, 0.2) is 0 Å². The summed E-state index contributed by atoms with van der Waals surface area (Å²) in [6, 6.07) is 6.00. The van der Waals surface area contributed by atoms with Crippen molar-refractivity contribution < 1.29 is 13.9 Å². The Kier molecular flexibility index (Phi) is 4.40. The van der Waals surface area contributed by atoms with Crippen LogP contribution in [-0.4, -0.2) is 31.7 Å². The van der Waals surface area contributed by atoms with Crippen molar-refractivity contribution in [1.29, 1.82) is 0 Å². The first kappa shape index (κ1) is 14.9. The Morgan fingerprint density at radius 2 is 2.05 bits per heavy atom. The fourth-order valence-corrected chi connectivity index (χ4v) is 2.59. The van der Waals surface area contributed by atoms with Crippen LogP contribution in [0, 0.1) is 11.2 Å². The second-order valence-corrected chi connectivity index (χ2v) is 5.77. The topological polar surface area (TPSA) is 50.4 Å². The number of carbonyl (C=O) groups is 1. The predicted octanol–water partition coefficient (Wildman–Crippen LogP) is 2.17. The monoisotopic (exact) mass is 280 g/mol. The van der Waals surface area contributed by atoms with Crippen molar-refractivity contribution >= 4 is 11.6 Å². The van der Waals surface area contributed by atoms with E-state index >= 15 is 0 Å². The van der Waals surface area contributed by atoms with Gasteiger partial charge in [-0.05, 0) is 30.7 Å². The van der Waals surface area contributed by atoms with E-state index in [9.17, 15) is 9.18 Å². The second kappa shape index (κ2) is 5.89. The van der Waals surface area contributed by atoms with E-state index in [0.717, 1.165) is 6.42 Å². The molecule has 1 aliphatic carbocycles. The highest BCUT2D eigenvalue weighted by Crippen LogP contribution is 2.42. The Balaban J connectivity index is 1.77. The number of anilines is 1.